The Bertz CT molecular complexity index is 369. The highest BCUT2D eigenvalue weighted by atomic mass is 16.5. The van der Waals surface area contributed by atoms with Crippen LogP contribution in [0, 0.1) is 5.92 Å². The molecular weight excluding hydrogens is 210 g/mol. The summed E-state index contributed by atoms with van der Waals surface area (Å²) < 4.78 is 5.78. The Morgan fingerprint density at radius 3 is 2.94 bits per heavy atom. The highest BCUT2D eigenvalue weighted by Crippen LogP contribution is 2.27. The highest BCUT2D eigenvalue weighted by Gasteiger charge is 2.19. The van der Waals surface area contributed by atoms with Crippen LogP contribution in [-0.4, -0.2) is 19.7 Å². The van der Waals surface area contributed by atoms with E-state index in [1.54, 1.807) is 0 Å². The van der Waals surface area contributed by atoms with Gasteiger partial charge in [-0.15, -0.1) is 0 Å². The van der Waals surface area contributed by atoms with Crippen molar-refractivity contribution in [2.75, 3.05) is 19.7 Å². The molecule has 0 heterocycles. The third-order valence-electron chi connectivity index (χ3n) is 2.93. The topological polar surface area (TPSA) is 21.3 Å². The van der Waals surface area contributed by atoms with Gasteiger partial charge in [-0.2, -0.15) is 0 Å². The number of nitrogens with one attached hydrogen (secondary N) is 1. The van der Waals surface area contributed by atoms with E-state index in [9.17, 15) is 0 Å². The van der Waals surface area contributed by atoms with Gasteiger partial charge >= 0.3 is 0 Å². The van der Waals surface area contributed by atoms with Gasteiger partial charge in [0.15, 0.2) is 0 Å². The molecule has 1 fully saturated rings. The lowest BCUT2D eigenvalue weighted by molar-refractivity contribution is 0.312. The Hall–Kier alpha value is -1.28. The van der Waals surface area contributed by atoms with Crippen molar-refractivity contribution in [2.24, 2.45) is 5.92 Å². The van der Waals surface area contributed by atoms with Crippen LogP contribution in [0.2, 0.25) is 0 Å². The van der Waals surface area contributed by atoms with Crippen molar-refractivity contribution in [3.05, 3.63) is 35.9 Å². The van der Waals surface area contributed by atoms with Gasteiger partial charge in [0.2, 0.25) is 0 Å². The summed E-state index contributed by atoms with van der Waals surface area (Å²) in [4.78, 5) is 0. The zero-order valence-corrected chi connectivity index (χ0v) is 10.5. The molecule has 1 aliphatic rings. The Morgan fingerprint density at radius 1 is 1.35 bits per heavy atom. The van der Waals surface area contributed by atoms with E-state index < -0.39 is 0 Å². The van der Waals surface area contributed by atoms with Gasteiger partial charge in [0.1, 0.15) is 12.4 Å². The lowest BCUT2D eigenvalue weighted by Crippen LogP contribution is -2.23. The monoisotopic (exact) mass is 231 g/mol. The minimum Gasteiger partial charge on any atom is -0.492 e. The molecule has 2 rings (SSSR count). The Kier molecular flexibility index (Phi) is 4.63. The average Bonchev–Trinajstić information content (AvgIpc) is 3.15. The molecule has 0 spiro atoms. The molecule has 17 heavy (non-hydrogen) atoms. The van der Waals surface area contributed by atoms with Crippen molar-refractivity contribution in [2.45, 2.75) is 19.8 Å². The number of ether oxygens (including phenoxy) is 1. The molecule has 92 valence electrons. The minimum absolute atomic E-state index is 0.737. The van der Waals surface area contributed by atoms with E-state index in [1.807, 2.05) is 31.2 Å². The fraction of sp³-hybridized carbons (Fsp3) is 0.467. The molecule has 2 nitrogen and oxygen atoms in total. The number of allylic oxidation sites excluding steroid dienone is 1. The summed E-state index contributed by atoms with van der Waals surface area (Å²) in [5, 5.41) is 3.43. The molecular formula is C15H21NO. The van der Waals surface area contributed by atoms with Crippen LogP contribution in [0.5, 0.6) is 5.75 Å². The predicted octanol–water partition coefficient (Wildman–Crippen LogP) is 3.10. The molecule has 0 atom stereocenters. The first-order valence-electron chi connectivity index (χ1n) is 6.45. The summed E-state index contributed by atoms with van der Waals surface area (Å²) in [7, 11) is 0. The summed E-state index contributed by atoms with van der Waals surface area (Å²) in [5.41, 5.74) is 1.15. The van der Waals surface area contributed by atoms with Crippen LogP contribution in [0.1, 0.15) is 25.3 Å². The number of hydrogen-bond acceptors (Lipinski definition) is 2. The van der Waals surface area contributed by atoms with Crippen LogP contribution in [0.25, 0.3) is 6.08 Å². The largest absolute Gasteiger partial charge is 0.492 e. The molecule has 0 unspecified atom stereocenters. The second kappa shape index (κ2) is 6.45. The van der Waals surface area contributed by atoms with Gasteiger partial charge < -0.3 is 10.1 Å². The van der Waals surface area contributed by atoms with Gasteiger partial charge in [0.05, 0.1) is 0 Å². The van der Waals surface area contributed by atoms with Crippen molar-refractivity contribution in [3.8, 4) is 5.75 Å². The van der Waals surface area contributed by atoms with Gasteiger partial charge in [0, 0.05) is 12.1 Å². The first-order valence-corrected chi connectivity index (χ1v) is 6.45. The molecule has 1 aromatic rings. The van der Waals surface area contributed by atoms with Crippen molar-refractivity contribution < 1.29 is 4.74 Å². The third kappa shape index (κ3) is 4.23. The summed E-state index contributed by atoms with van der Waals surface area (Å²) >= 11 is 0. The number of rotatable bonds is 7. The van der Waals surface area contributed by atoms with Crippen LogP contribution in [-0.2, 0) is 0 Å². The van der Waals surface area contributed by atoms with Crippen LogP contribution < -0.4 is 10.1 Å². The van der Waals surface area contributed by atoms with Crippen LogP contribution in [0.3, 0.4) is 0 Å². The minimum atomic E-state index is 0.737. The smallest absolute Gasteiger partial charge is 0.126 e. The molecule has 1 aliphatic carbocycles. The molecule has 1 N–H and O–H groups in total. The van der Waals surface area contributed by atoms with E-state index >= 15 is 0 Å². The zero-order chi connectivity index (χ0) is 11.9. The Morgan fingerprint density at radius 2 is 2.18 bits per heavy atom. The van der Waals surface area contributed by atoms with Crippen LogP contribution in [0.15, 0.2) is 30.3 Å². The standard InChI is InChI=1S/C15H21NO/c1-2-5-14-6-3-4-7-15(14)17-11-10-16-12-13-8-9-13/h2-7,13,16H,8-12H2,1H3. The second-order valence-electron chi connectivity index (χ2n) is 4.53. The predicted molar refractivity (Wildman–Crippen MR) is 72.2 cm³/mol. The van der Waals surface area contributed by atoms with Gasteiger partial charge in [-0.3, -0.25) is 0 Å². The molecule has 1 saturated carbocycles. The zero-order valence-electron chi connectivity index (χ0n) is 10.5. The normalized spacial score (nSPS) is 15.4. The van der Waals surface area contributed by atoms with Gasteiger partial charge in [-0.1, -0.05) is 30.4 Å². The quantitative estimate of drug-likeness (QED) is 0.728. The molecule has 0 amide bonds. The van der Waals surface area contributed by atoms with E-state index in [0.717, 1.165) is 36.9 Å². The number of para-hydroxylation sites is 1. The number of benzene rings is 1. The Balaban J connectivity index is 1.72. The first-order chi connectivity index (χ1) is 8.40. The van der Waals surface area contributed by atoms with Crippen molar-refractivity contribution in [1.82, 2.24) is 5.32 Å². The van der Waals surface area contributed by atoms with E-state index in [4.69, 9.17) is 4.74 Å². The van der Waals surface area contributed by atoms with Crippen molar-refractivity contribution in [1.29, 1.82) is 0 Å². The Labute approximate surface area is 104 Å². The summed E-state index contributed by atoms with van der Waals surface area (Å²) in [6, 6.07) is 8.15. The molecule has 2 heteroatoms. The van der Waals surface area contributed by atoms with Gasteiger partial charge in [-0.25, -0.2) is 0 Å². The molecule has 0 aliphatic heterocycles. The van der Waals surface area contributed by atoms with Crippen molar-refractivity contribution >= 4 is 6.08 Å². The fourth-order valence-electron chi connectivity index (χ4n) is 1.79. The lowest BCUT2D eigenvalue weighted by atomic mass is 10.2. The molecule has 0 aromatic heterocycles. The van der Waals surface area contributed by atoms with E-state index in [-0.39, 0.29) is 0 Å². The summed E-state index contributed by atoms with van der Waals surface area (Å²) in [6.07, 6.45) is 6.91. The third-order valence-corrected chi connectivity index (χ3v) is 2.93. The van der Waals surface area contributed by atoms with Crippen LogP contribution in [0.4, 0.5) is 0 Å². The SMILES string of the molecule is CC=Cc1ccccc1OCCNCC1CC1. The van der Waals surface area contributed by atoms with Gasteiger partial charge in [-0.05, 0) is 38.3 Å². The summed E-state index contributed by atoms with van der Waals surface area (Å²) in [6.45, 7) is 4.84. The first kappa shape index (κ1) is 12.2. The van der Waals surface area contributed by atoms with Gasteiger partial charge in [0.25, 0.3) is 0 Å². The highest BCUT2D eigenvalue weighted by molar-refractivity contribution is 5.56. The molecule has 0 radical (unpaired) electrons. The van der Waals surface area contributed by atoms with Crippen LogP contribution >= 0.6 is 0 Å². The second-order valence-corrected chi connectivity index (χ2v) is 4.53. The lowest BCUT2D eigenvalue weighted by Gasteiger charge is -2.09. The maximum absolute atomic E-state index is 5.78. The maximum Gasteiger partial charge on any atom is 0.126 e. The number of hydrogen-bond donors (Lipinski definition) is 1. The van der Waals surface area contributed by atoms with Crippen molar-refractivity contribution in [3.63, 3.8) is 0 Å². The maximum atomic E-state index is 5.78. The van der Waals surface area contributed by atoms with E-state index in [1.165, 1.54) is 12.8 Å². The van der Waals surface area contributed by atoms with E-state index in [2.05, 4.69) is 17.5 Å². The molecule has 1 aromatic carbocycles. The van der Waals surface area contributed by atoms with E-state index in [0.29, 0.717) is 0 Å². The molecule has 0 saturated heterocycles. The summed E-state index contributed by atoms with van der Waals surface area (Å²) in [5.74, 6) is 1.91. The molecule has 0 bridgehead atoms. The fourth-order valence-corrected chi connectivity index (χ4v) is 1.79. The average molecular weight is 231 g/mol.